The Kier molecular flexibility index (Phi) is 25.3. The van der Waals surface area contributed by atoms with Crippen LogP contribution in [0.4, 0.5) is 11.4 Å². The zero-order valence-corrected chi connectivity index (χ0v) is 33.9. The molecule has 0 aliphatic carbocycles. The van der Waals surface area contributed by atoms with Crippen LogP contribution in [-0.2, 0) is 11.2 Å². The lowest BCUT2D eigenvalue weighted by Gasteiger charge is -2.31. The molecule has 286 valence electrons. The van der Waals surface area contributed by atoms with Crippen molar-refractivity contribution < 1.29 is 14.2 Å². The molecule has 0 saturated carbocycles. The number of unbranched alkanes of at least 4 members (excludes halogenated alkanes) is 1. The summed E-state index contributed by atoms with van der Waals surface area (Å²) in [5.41, 5.74) is 5.37. The standard InChI is InChI=1S/C42H66N4O3.C2H6/c1-10-19-38(20-17-28-47-31-25-37-23-21-36(8)22-24-37)34-46(35(6)7)40-32-39(48-30-18-27-45(13-4)14-5)33-41(42(40)43-9)49-29-16-15-26-44(11-2)12-3;1-2/h10,17,19-24,32-33,35H,1,9,11-16,18,25-31,34H2,2-8H3;1-2H3/b20-17-,38-19+;. The van der Waals surface area contributed by atoms with Gasteiger partial charge in [0.2, 0.25) is 0 Å². The van der Waals surface area contributed by atoms with E-state index in [1.54, 1.807) is 0 Å². The van der Waals surface area contributed by atoms with Crippen LogP contribution in [0, 0.1) is 6.92 Å². The van der Waals surface area contributed by atoms with Crippen LogP contribution >= 0.6 is 0 Å². The van der Waals surface area contributed by atoms with Gasteiger partial charge in [-0.2, -0.15) is 0 Å². The van der Waals surface area contributed by atoms with Crippen LogP contribution < -0.4 is 14.4 Å². The third kappa shape index (κ3) is 18.1. The van der Waals surface area contributed by atoms with Gasteiger partial charge in [-0.3, -0.25) is 4.99 Å². The minimum absolute atomic E-state index is 0.174. The van der Waals surface area contributed by atoms with Gasteiger partial charge in [0, 0.05) is 31.3 Å². The average molecular weight is 705 g/mol. The fourth-order valence-electron chi connectivity index (χ4n) is 5.67. The molecule has 0 aliphatic rings. The average Bonchev–Trinajstić information content (AvgIpc) is 3.14. The zero-order chi connectivity index (χ0) is 37.9. The minimum Gasteiger partial charge on any atom is -0.493 e. The minimum atomic E-state index is 0.174. The third-order valence-corrected chi connectivity index (χ3v) is 8.81. The summed E-state index contributed by atoms with van der Waals surface area (Å²) in [5, 5.41) is 0. The molecule has 0 bridgehead atoms. The Morgan fingerprint density at radius 2 is 1.47 bits per heavy atom. The SMILES string of the molecule is C=C/C=C(\C=C/COCCc1ccc(C)cc1)CN(c1cc(OCCCN(CC)CC)cc(OCCCCN(CC)CC)c1N=C)C(C)C.CC. The van der Waals surface area contributed by atoms with Crippen LogP contribution in [0.25, 0.3) is 0 Å². The van der Waals surface area contributed by atoms with E-state index in [4.69, 9.17) is 14.2 Å². The molecule has 0 radical (unpaired) electrons. The highest BCUT2D eigenvalue weighted by molar-refractivity contribution is 5.78. The van der Waals surface area contributed by atoms with Gasteiger partial charge in [-0.15, -0.1) is 0 Å². The molecule has 7 heteroatoms. The van der Waals surface area contributed by atoms with Gasteiger partial charge < -0.3 is 28.9 Å². The highest BCUT2D eigenvalue weighted by Gasteiger charge is 2.21. The predicted molar refractivity (Wildman–Crippen MR) is 223 cm³/mol. The smallest absolute Gasteiger partial charge is 0.150 e. The van der Waals surface area contributed by atoms with E-state index in [2.05, 4.69) is 130 Å². The largest absolute Gasteiger partial charge is 0.493 e. The first kappa shape index (κ1) is 45.6. The molecule has 51 heavy (non-hydrogen) atoms. The van der Waals surface area contributed by atoms with Gasteiger partial charge in [0.05, 0.1) is 32.1 Å². The summed E-state index contributed by atoms with van der Waals surface area (Å²) in [6.07, 6.45) is 12.0. The molecular weight excluding hydrogens is 633 g/mol. The number of rotatable bonds is 27. The number of hydrogen-bond acceptors (Lipinski definition) is 7. The molecule has 7 nitrogen and oxygen atoms in total. The van der Waals surface area contributed by atoms with Gasteiger partial charge in [0.25, 0.3) is 0 Å². The lowest BCUT2D eigenvalue weighted by Crippen LogP contribution is -2.32. The Bertz CT molecular complexity index is 1260. The van der Waals surface area contributed by atoms with E-state index >= 15 is 0 Å². The normalized spacial score (nSPS) is 11.6. The molecule has 2 aromatic carbocycles. The first-order chi connectivity index (χ1) is 24.8. The maximum absolute atomic E-state index is 6.43. The Morgan fingerprint density at radius 1 is 0.843 bits per heavy atom. The number of ether oxygens (including phenoxy) is 3. The predicted octanol–water partition coefficient (Wildman–Crippen LogP) is 10.1. The fourth-order valence-corrected chi connectivity index (χ4v) is 5.67. The summed E-state index contributed by atoms with van der Waals surface area (Å²) in [6, 6.07) is 12.9. The lowest BCUT2D eigenvalue weighted by molar-refractivity contribution is 0.166. The van der Waals surface area contributed by atoms with E-state index in [1.165, 1.54) is 11.1 Å². The number of nitrogens with zero attached hydrogens (tertiary/aromatic N) is 4. The highest BCUT2D eigenvalue weighted by atomic mass is 16.5. The van der Waals surface area contributed by atoms with Crippen LogP contribution in [0.3, 0.4) is 0 Å². The quantitative estimate of drug-likeness (QED) is 0.0524. The number of anilines is 1. The second kappa shape index (κ2) is 28.2. The Hall–Kier alpha value is -3.39. The van der Waals surface area contributed by atoms with Crippen LogP contribution in [0.1, 0.15) is 85.8 Å². The van der Waals surface area contributed by atoms with Gasteiger partial charge in [-0.05, 0) is 97.0 Å². The van der Waals surface area contributed by atoms with E-state index in [0.29, 0.717) is 38.7 Å². The molecule has 0 fully saturated rings. The molecule has 2 aromatic rings. The third-order valence-electron chi connectivity index (χ3n) is 8.81. The van der Waals surface area contributed by atoms with Crippen molar-refractivity contribution in [2.45, 2.75) is 94.0 Å². The van der Waals surface area contributed by atoms with E-state index in [1.807, 2.05) is 26.0 Å². The van der Waals surface area contributed by atoms with Crippen molar-refractivity contribution in [3.63, 3.8) is 0 Å². The van der Waals surface area contributed by atoms with E-state index in [0.717, 1.165) is 87.6 Å². The maximum Gasteiger partial charge on any atom is 0.150 e. The molecule has 0 spiro atoms. The van der Waals surface area contributed by atoms with Gasteiger partial charge >= 0.3 is 0 Å². The summed E-state index contributed by atoms with van der Waals surface area (Å²) in [4.78, 5) is 11.7. The molecule has 0 unspecified atom stereocenters. The molecular formula is C44H72N4O3. The Morgan fingerprint density at radius 3 is 2.06 bits per heavy atom. The summed E-state index contributed by atoms with van der Waals surface area (Å²) in [5.74, 6) is 1.50. The number of aliphatic imine (C=N–C) groups is 1. The first-order valence-corrected chi connectivity index (χ1v) is 19.5. The van der Waals surface area contributed by atoms with Crippen molar-refractivity contribution in [1.29, 1.82) is 0 Å². The zero-order valence-electron chi connectivity index (χ0n) is 33.9. The summed E-state index contributed by atoms with van der Waals surface area (Å²) < 4.78 is 18.7. The molecule has 0 amide bonds. The summed E-state index contributed by atoms with van der Waals surface area (Å²) in [6.45, 7) is 36.8. The van der Waals surface area contributed by atoms with Crippen molar-refractivity contribution in [3.05, 3.63) is 84.0 Å². The van der Waals surface area contributed by atoms with Crippen LogP contribution in [-0.4, -0.2) is 94.8 Å². The molecule has 0 heterocycles. The van der Waals surface area contributed by atoms with E-state index < -0.39 is 0 Å². The molecule has 0 atom stereocenters. The topological polar surface area (TPSA) is 49.8 Å². The van der Waals surface area contributed by atoms with Gasteiger partial charge in [-0.1, -0.05) is 102 Å². The summed E-state index contributed by atoms with van der Waals surface area (Å²) in [7, 11) is 0. The van der Waals surface area contributed by atoms with Crippen molar-refractivity contribution in [2.75, 3.05) is 77.1 Å². The van der Waals surface area contributed by atoms with Gasteiger partial charge in [0.15, 0.2) is 5.75 Å². The van der Waals surface area contributed by atoms with E-state index in [-0.39, 0.29) is 6.04 Å². The highest BCUT2D eigenvalue weighted by Crippen LogP contribution is 2.43. The number of hydrogen-bond donors (Lipinski definition) is 0. The molecule has 0 N–H and O–H groups in total. The molecule has 0 saturated heterocycles. The monoisotopic (exact) mass is 705 g/mol. The first-order valence-electron chi connectivity index (χ1n) is 19.5. The van der Waals surface area contributed by atoms with Crippen molar-refractivity contribution >= 4 is 18.1 Å². The van der Waals surface area contributed by atoms with Crippen molar-refractivity contribution in [3.8, 4) is 11.5 Å². The maximum atomic E-state index is 6.43. The fraction of sp³-hybridized carbons (Fsp3) is 0.568. The van der Waals surface area contributed by atoms with Gasteiger partial charge in [-0.25, -0.2) is 0 Å². The number of benzene rings is 2. The molecule has 0 aromatic heterocycles. The number of allylic oxidation sites excluding steroid dienone is 2. The lowest BCUT2D eigenvalue weighted by atomic mass is 10.1. The Labute approximate surface area is 313 Å². The van der Waals surface area contributed by atoms with Crippen LogP contribution in [0.5, 0.6) is 11.5 Å². The second-order valence-corrected chi connectivity index (χ2v) is 12.7. The van der Waals surface area contributed by atoms with Crippen LogP contribution in [0.15, 0.2) is 77.8 Å². The van der Waals surface area contributed by atoms with Crippen LogP contribution in [0.2, 0.25) is 0 Å². The Balaban J connectivity index is 0.00000638. The number of aryl methyl sites for hydroxylation is 1. The second-order valence-electron chi connectivity index (χ2n) is 12.7. The van der Waals surface area contributed by atoms with Gasteiger partial charge in [0.1, 0.15) is 11.4 Å². The molecule has 0 aliphatic heterocycles. The summed E-state index contributed by atoms with van der Waals surface area (Å²) >= 11 is 0. The van der Waals surface area contributed by atoms with E-state index in [9.17, 15) is 0 Å². The van der Waals surface area contributed by atoms with Crippen molar-refractivity contribution in [1.82, 2.24) is 9.80 Å². The molecule has 2 rings (SSSR count). The van der Waals surface area contributed by atoms with Crippen molar-refractivity contribution in [2.24, 2.45) is 4.99 Å².